The van der Waals surface area contributed by atoms with Crippen LogP contribution in [0.25, 0.3) is 11.0 Å². The fourth-order valence-corrected chi connectivity index (χ4v) is 3.03. The van der Waals surface area contributed by atoms with Crippen molar-refractivity contribution in [2.24, 2.45) is 5.73 Å². The quantitative estimate of drug-likeness (QED) is 0.527. The Morgan fingerprint density at radius 3 is 2.62 bits per heavy atom. The van der Waals surface area contributed by atoms with E-state index in [1.165, 1.54) is 11.8 Å². The first-order chi connectivity index (χ1) is 11.5. The van der Waals surface area contributed by atoms with Gasteiger partial charge in [-0.15, -0.1) is 11.8 Å². The van der Waals surface area contributed by atoms with Gasteiger partial charge in [-0.2, -0.15) is 0 Å². The highest BCUT2D eigenvalue weighted by Crippen LogP contribution is 2.24. The summed E-state index contributed by atoms with van der Waals surface area (Å²) in [6, 6.07) is 12.0. The van der Waals surface area contributed by atoms with Gasteiger partial charge in [-0.1, -0.05) is 12.1 Å². The second kappa shape index (κ2) is 6.63. The third-order valence-corrected chi connectivity index (χ3v) is 4.37. The van der Waals surface area contributed by atoms with Gasteiger partial charge in [0.2, 0.25) is 5.91 Å². The predicted octanol–water partition coefficient (Wildman–Crippen LogP) is 1.69. The second-order valence-corrected chi connectivity index (χ2v) is 6.06. The monoisotopic (exact) mass is 342 g/mol. The van der Waals surface area contributed by atoms with Crippen LogP contribution in [0.15, 0.2) is 52.2 Å². The normalized spacial score (nSPS) is 10.7. The van der Waals surface area contributed by atoms with E-state index in [1.54, 1.807) is 42.5 Å². The van der Waals surface area contributed by atoms with E-state index >= 15 is 0 Å². The number of aromatic nitrogens is 2. The molecule has 0 saturated heterocycles. The van der Waals surface area contributed by atoms with Gasteiger partial charge >= 0.3 is 5.69 Å². The number of H-pyrrole nitrogens is 2. The number of nitrogens with two attached hydrogens (primary N) is 1. The Labute approximate surface area is 140 Å². The minimum atomic E-state index is -0.447. The summed E-state index contributed by atoms with van der Waals surface area (Å²) < 4.78 is 0. The lowest BCUT2D eigenvalue weighted by molar-refractivity contribution is -0.115. The van der Waals surface area contributed by atoms with Crippen molar-refractivity contribution in [3.63, 3.8) is 0 Å². The van der Waals surface area contributed by atoms with Gasteiger partial charge in [0.1, 0.15) is 0 Å². The van der Waals surface area contributed by atoms with E-state index in [9.17, 15) is 14.4 Å². The fourth-order valence-electron chi connectivity index (χ4n) is 2.24. The Kier molecular flexibility index (Phi) is 4.39. The number of imidazole rings is 1. The molecule has 0 spiro atoms. The van der Waals surface area contributed by atoms with Gasteiger partial charge < -0.3 is 21.0 Å². The average Bonchev–Trinajstić information content (AvgIpc) is 2.92. The number of carbonyl (C=O) groups is 2. The van der Waals surface area contributed by atoms with Crippen LogP contribution in [0.5, 0.6) is 0 Å². The molecule has 2 amide bonds. The molecular weight excluding hydrogens is 328 g/mol. The third kappa shape index (κ3) is 3.49. The summed E-state index contributed by atoms with van der Waals surface area (Å²) in [6.07, 6.45) is 0. The molecule has 0 aliphatic heterocycles. The molecule has 0 fully saturated rings. The minimum absolute atomic E-state index is 0.0981. The van der Waals surface area contributed by atoms with Crippen molar-refractivity contribution in [3.05, 3.63) is 58.5 Å². The van der Waals surface area contributed by atoms with Crippen LogP contribution in [-0.2, 0) is 4.79 Å². The molecule has 0 unspecified atom stereocenters. The maximum Gasteiger partial charge on any atom is 0.323 e. The van der Waals surface area contributed by atoms with Gasteiger partial charge in [-0.05, 0) is 30.3 Å². The number of nitrogens with one attached hydrogen (secondary N) is 3. The van der Waals surface area contributed by atoms with E-state index in [2.05, 4.69) is 15.3 Å². The highest BCUT2D eigenvalue weighted by atomic mass is 32.2. The summed E-state index contributed by atoms with van der Waals surface area (Å²) >= 11 is 1.21. The van der Waals surface area contributed by atoms with Crippen LogP contribution in [0.3, 0.4) is 0 Å². The van der Waals surface area contributed by atoms with Gasteiger partial charge in [0.15, 0.2) is 0 Å². The number of primary amides is 1. The SMILES string of the molecule is NC(=O)CSc1ccccc1C(=O)Nc1ccc2[nH]c(=O)[nH]c2c1. The molecule has 3 rings (SSSR count). The van der Waals surface area contributed by atoms with Crippen molar-refractivity contribution in [3.8, 4) is 0 Å². The predicted molar refractivity (Wildman–Crippen MR) is 93.2 cm³/mol. The van der Waals surface area contributed by atoms with E-state index in [4.69, 9.17) is 5.73 Å². The van der Waals surface area contributed by atoms with Crippen molar-refractivity contribution < 1.29 is 9.59 Å². The number of thioether (sulfide) groups is 1. The number of fused-ring (bicyclic) bond motifs is 1. The summed E-state index contributed by atoms with van der Waals surface area (Å²) in [6.45, 7) is 0. The molecule has 0 saturated carbocycles. The standard InChI is InChI=1S/C16H14N4O3S/c17-14(21)8-24-13-4-2-1-3-10(13)15(22)18-9-5-6-11-12(7-9)20-16(23)19-11/h1-7H,8H2,(H2,17,21)(H,18,22)(H2,19,20,23). The lowest BCUT2D eigenvalue weighted by atomic mass is 10.2. The van der Waals surface area contributed by atoms with Gasteiger partial charge in [0.05, 0.1) is 22.3 Å². The van der Waals surface area contributed by atoms with E-state index in [0.29, 0.717) is 27.2 Å². The summed E-state index contributed by atoms with van der Waals surface area (Å²) in [7, 11) is 0. The van der Waals surface area contributed by atoms with Gasteiger partial charge in [0.25, 0.3) is 5.91 Å². The Bertz CT molecular complexity index is 977. The molecule has 3 aromatic rings. The molecule has 1 aromatic heterocycles. The molecule has 0 bridgehead atoms. The number of anilines is 1. The molecule has 0 aliphatic carbocycles. The zero-order valence-electron chi connectivity index (χ0n) is 12.5. The highest BCUT2D eigenvalue weighted by molar-refractivity contribution is 8.00. The number of aromatic amines is 2. The number of hydrogen-bond acceptors (Lipinski definition) is 4. The van der Waals surface area contributed by atoms with Gasteiger partial charge in [0, 0.05) is 10.6 Å². The van der Waals surface area contributed by atoms with Crippen LogP contribution in [0, 0.1) is 0 Å². The van der Waals surface area contributed by atoms with Crippen molar-refractivity contribution in [2.45, 2.75) is 4.90 Å². The van der Waals surface area contributed by atoms with Crippen LogP contribution in [0.1, 0.15) is 10.4 Å². The summed E-state index contributed by atoms with van der Waals surface area (Å²) in [5.41, 5.74) is 7.12. The lowest BCUT2D eigenvalue weighted by Crippen LogP contribution is -2.15. The number of benzene rings is 2. The Balaban J connectivity index is 1.83. The molecule has 24 heavy (non-hydrogen) atoms. The minimum Gasteiger partial charge on any atom is -0.369 e. The van der Waals surface area contributed by atoms with E-state index in [-0.39, 0.29) is 17.3 Å². The summed E-state index contributed by atoms with van der Waals surface area (Å²) in [5.74, 6) is -0.655. The van der Waals surface area contributed by atoms with E-state index in [0.717, 1.165) is 0 Å². The van der Waals surface area contributed by atoms with Crippen LogP contribution in [0.2, 0.25) is 0 Å². The molecule has 5 N–H and O–H groups in total. The first kappa shape index (κ1) is 15.9. The maximum atomic E-state index is 12.5. The second-order valence-electron chi connectivity index (χ2n) is 5.04. The van der Waals surface area contributed by atoms with Crippen LogP contribution in [0.4, 0.5) is 5.69 Å². The third-order valence-electron chi connectivity index (χ3n) is 3.28. The molecule has 1 heterocycles. The Morgan fingerprint density at radius 2 is 1.83 bits per heavy atom. The first-order valence-corrected chi connectivity index (χ1v) is 8.05. The topological polar surface area (TPSA) is 121 Å². The van der Waals surface area contributed by atoms with Crippen molar-refractivity contribution >= 4 is 40.3 Å². The number of hydrogen-bond donors (Lipinski definition) is 4. The van der Waals surface area contributed by atoms with Crippen LogP contribution >= 0.6 is 11.8 Å². The average molecular weight is 342 g/mol. The van der Waals surface area contributed by atoms with E-state index < -0.39 is 5.91 Å². The molecule has 8 heteroatoms. The summed E-state index contributed by atoms with van der Waals surface area (Å²) in [5, 5.41) is 2.78. The highest BCUT2D eigenvalue weighted by Gasteiger charge is 2.13. The van der Waals surface area contributed by atoms with Crippen LogP contribution in [-0.4, -0.2) is 27.5 Å². The molecular formula is C16H14N4O3S. The number of amides is 2. The molecule has 7 nitrogen and oxygen atoms in total. The first-order valence-electron chi connectivity index (χ1n) is 7.06. The molecule has 2 aromatic carbocycles. The Morgan fingerprint density at radius 1 is 1.08 bits per heavy atom. The number of rotatable bonds is 5. The molecule has 0 atom stereocenters. The fraction of sp³-hybridized carbons (Fsp3) is 0.0625. The van der Waals surface area contributed by atoms with Crippen molar-refractivity contribution in [1.29, 1.82) is 0 Å². The van der Waals surface area contributed by atoms with Gasteiger partial charge in [-0.3, -0.25) is 9.59 Å². The van der Waals surface area contributed by atoms with E-state index in [1.807, 2.05) is 0 Å². The van der Waals surface area contributed by atoms with Gasteiger partial charge in [-0.25, -0.2) is 4.79 Å². The van der Waals surface area contributed by atoms with Crippen molar-refractivity contribution in [2.75, 3.05) is 11.1 Å². The molecule has 0 radical (unpaired) electrons. The molecule has 122 valence electrons. The number of carbonyl (C=O) groups excluding carboxylic acids is 2. The Hall–Kier alpha value is -3.00. The lowest BCUT2D eigenvalue weighted by Gasteiger charge is -2.09. The summed E-state index contributed by atoms with van der Waals surface area (Å²) in [4.78, 5) is 40.7. The molecule has 0 aliphatic rings. The largest absolute Gasteiger partial charge is 0.369 e. The zero-order valence-corrected chi connectivity index (χ0v) is 13.3. The van der Waals surface area contributed by atoms with Crippen LogP contribution < -0.4 is 16.7 Å². The zero-order chi connectivity index (χ0) is 17.1. The smallest absolute Gasteiger partial charge is 0.323 e. The van der Waals surface area contributed by atoms with Crippen molar-refractivity contribution in [1.82, 2.24) is 9.97 Å². The maximum absolute atomic E-state index is 12.5.